The molecule has 1 saturated heterocycles. The number of nitrogens with one attached hydrogen (secondary N) is 2. The fourth-order valence-electron chi connectivity index (χ4n) is 2.53. The molecule has 2 aliphatic rings. The van der Waals surface area contributed by atoms with Gasteiger partial charge in [-0.05, 0) is 26.7 Å². The molecule has 0 unspecified atom stereocenters. The molecule has 0 radical (unpaired) electrons. The van der Waals surface area contributed by atoms with Crippen molar-refractivity contribution >= 4 is 22.4 Å². The summed E-state index contributed by atoms with van der Waals surface area (Å²) in [6, 6.07) is 0. The molecule has 1 aliphatic carbocycles. The van der Waals surface area contributed by atoms with Crippen LogP contribution < -0.4 is 10.6 Å². The first kappa shape index (κ1) is 14.0. The Bertz CT molecular complexity index is 489. The molecular formula is C14H22N4OS. The highest BCUT2D eigenvalue weighted by Gasteiger charge is 2.35. The predicted molar refractivity (Wildman–Crippen MR) is 81.2 cm³/mol. The summed E-state index contributed by atoms with van der Waals surface area (Å²) < 4.78 is 0. The maximum Gasteiger partial charge on any atom is 0.246 e. The first-order valence-corrected chi connectivity index (χ1v) is 8.18. The van der Waals surface area contributed by atoms with Crippen LogP contribution in [0.15, 0.2) is 5.38 Å². The summed E-state index contributed by atoms with van der Waals surface area (Å²) in [6.45, 7) is 7.68. The van der Waals surface area contributed by atoms with Gasteiger partial charge in [-0.25, -0.2) is 4.98 Å². The molecule has 5 nitrogen and oxygen atoms in total. The van der Waals surface area contributed by atoms with Gasteiger partial charge in [0.25, 0.3) is 0 Å². The van der Waals surface area contributed by atoms with Crippen molar-refractivity contribution in [2.45, 2.75) is 38.1 Å². The number of carbonyl (C=O) groups is 1. The van der Waals surface area contributed by atoms with Crippen LogP contribution in [0.3, 0.4) is 0 Å². The second-order valence-corrected chi connectivity index (χ2v) is 6.96. The zero-order valence-corrected chi connectivity index (χ0v) is 12.9. The van der Waals surface area contributed by atoms with Crippen LogP contribution in [0.25, 0.3) is 0 Å². The van der Waals surface area contributed by atoms with E-state index in [2.05, 4.69) is 25.9 Å². The zero-order chi connectivity index (χ0) is 14.2. The van der Waals surface area contributed by atoms with Crippen LogP contribution in [0.5, 0.6) is 0 Å². The Morgan fingerprint density at radius 1 is 1.45 bits per heavy atom. The van der Waals surface area contributed by atoms with Gasteiger partial charge >= 0.3 is 0 Å². The SMILES string of the molecule is CC(C)(C(=O)Nc1nc(C2CC2)cs1)N1CCNCC1. The van der Waals surface area contributed by atoms with Crippen molar-refractivity contribution in [3.8, 4) is 0 Å². The molecule has 1 amide bonds. The maximum atomic E-state index is 12.5. The van der Waals surface area contributed by atoms with Gasteiger partial charge in [-0.15, -0.1) is 11.3 Å². The molecule has 0 bridgehead atoms. The Morgan fingerprint density at radius 2 is 2.15 bits per heavy atom. The fourth-order valence-corrected chi connectivity index (χ4v) is 3.31. The van der Waals surface area contributed by atoms with Crippen LogP contribution >= 0.6 is 11.3 Å². The molecule has 2 heterocycles. The lowest BCUT2D eigenvalue weighted by molar-refractivity contribution is -0.126. The van der Waals surface area contributed by atoms with Crippen molar-refractivity contribution in [3.63, 3.8) is 0 Å². The van der Waals surface area contributed by atoms with Crippen molar-refractivity contribution in [2.24, 2.45) is 0 Å². The van der Waals surface area contributed by atoms with Gasteiger partial charge < -0.3 is 10.6 Å². The summed E-state index contributed by atoms with van der Waals surface area (Å²) in [6.07, 6.45) is 2.48. The maximum absolute atomic E-state index is 12.5. The average molecular weight is 294 g/mol. The van der Waals surface area contributed by atoms with E-state index in [4.69, 9.17) is 0 Å². The first-order chi connectivity index (χ1) is 9.57. The van der Waals surface area contributed by atoms with Gasteiger partial charge in [0.15, 0.2) is 5.13 Å². The number of nitrogens with zero attached hydrogens (tertiary/aromatic N) is 2. The molecule has 1 aromatic heterocycles. The summed E-state index contributed by atoms with van der Waals surface area (Å²) in [5, 5.41) is 9.11. The summed E-state index contributed by atoms with van der Waals surface area (Å²) >= 11 is 1.54. The topological polar surface area (TPSA) is 57.3 Å². The normalized spacial score (nSPS) is 20.9. The summed E-state index contributed by atoms with van der Waals surface area (Å²) in [4.78, 5) is 19.3. The van der Waals surface area contributed by atoms with Gasteiger partial charge in [-0.3, -0.25) is 9.69 Å². The van der Waals surface area contributed by atoms with Gasteiger partial charge in [0, 0.05) is 37.5 Å². The van der Waals surface area contributed by atoms with E-state index >= 15 is 0 Å². The van der Waals surface area contributed by atoms with Crippen molar-refractivity contribution in [1.29, 1.82) is 0 Å². The van der Waals surface area contributed by atoms with Crippen LogP contribution in [0.4, 0.5) is 5.13 Å². The van der Waals surface area contributed by atoms with Crippen LogP contribution in [0.1, 0.15) is 38.3 Å². The standard InChI is InChI=1S/C14H22N4OS/c1-14(2,18-7-5-15-6-8-18)12(19)17-13-16-11(9-20-13)10-3-4-10/h9-10,15H,3-8H2,1-2H3,(H,16,17,19). The second kappa shape index (κ2) is 5.42. The van der Waals surface area contributed by atoms with Gasteiger partial charge in [-0.2, -0.15) is 0 Å². The third kappa shape index (κ3) is 2.87. The van der Waals surface area contributed by atoms with Gasteiger partial charge in [-0.1, -0.05) is 0 Å². The van der Waals surface area contributed by atoms with E-state index in [-0.39, 0.29) is 5.91 Å². The highest BCUT2D eigenvalue weighted by atomic mass is 32.1. The molecule has 3 rings (SSSR count). The number of amides is 1. The molecule has 0 atom stereocenters. The number of piperazine rings is 1. The predicted octanol–water partition coefficient (Wildman–Crippen LogP) is 1.64. The Kier molecular flexibility index (Phi) is 3.79. The number of aromatic nitrogens is 1. The van der Waals surface area contributed by atoms with Crippen LogP contribution in [-0.4, -0.2) is 47.5 Å². The monoisotopic (exact) mass is 294 g/mol. The third-order valence-corrected chi connectivity index (χ3v) is 4.98. The Hall–Kier alpha value is -0.980. The Morgan fingerprint density at radius 3 is 2.80 bits per heavy atom. The molecule has 2 N–H and O–H groups in total. The minimum Gasteiger partial charge on any atom is -0.314 e. The molecule has 1 aromatic rings. The van der Waals surface area contributed by atoms with E-state index in [1.807, 2.05) is 13.8 Å². The largest absolute Gasteiger partial charge is 0.314 e. The number of hydrogen-bond acceptors (Lipinski definition) is 5. The second-order valence-electron chi connectivity index (χ2n) is 6.10. The molecule has 110 valence electrons. The smallest absolute Gasteiger partial charge is 0.246 e. The molecule has 0 spiro atoms. The molecule has 6 heteroatoms. The Balaban J connectivity index is 1.64. The van der Waals surface area contributed by atoms with Gasteiger partial charge in [0.2, 0.25) is 5.91 Å². The van der Waals surface area contributed by atoms with Gasteiger partial charge in [0.1, 0.15) is 0 Å². The molecule has 0 aromatic carbocycles. The highest BCUT2D eigenvalue weighted by Crippen LogP contribution is 2.40. The summed E-state index contributed by atoms with van der Waals surface area (Å²) in [7, 11) is 0. The molecule has 1 aliphatic heterocycles. The fraction of sp³-hybridized carbons (Fsp3) is 0.714. The lowest BCUT2D eigenvalue weighted by atomic mass is 10.0. The van der Waals surface area contributed by atoms with E-state index in [0.717, 1.165) is 37.0 Å². The number of carbonyl (C=O) groups excluding carboxylic acids is 1. The molecule has 20 heavy (non-hydrogen) atoms. The van der Waals surface area contributed by atoms with Crippen molar-refractivity contribution < 1.29 is 4.79 Å². The average Bonchev–Trinajstić information content (AvgIpc) is 3.20. The minimum atomic E-state index is -0.493. The number of rotatable bonds is 4. The van der Waals surface area contributed by atoms with Crippen molar-refractivity contribution in [2.75, 3.05) is 31.5 Å². The van der Waals surface area contributed by atoms with Crippen molar-refractivity contribution in [3.05, 3.63) is 11.1 Å². The number of thiazole rings is 1. The molecule has 2 fully saturated rings. The van der Waals surface area contributed by atoms with Crippen molar-refractivity contribution in [1.82, 2.24) is 15.2 Å². The molecular weight excluding hydrogens is 272 g/mol. The van der Waals surface area contributed by atoms with Gasteiger partial charge in [0.05, 0.1) is 11.2 Å². The van der Waals surface area contributed by atoms with Crippen LogP contribution in [-0.2, 0) is 4.79 Å². The zero-order valence-electron chi connectivity index (χ0n) is 12.1. The van der Waals surface area contributed by atoms with E-state index < -0.39 is 5.54 Å². The number of anilines is 1. The third-order valence-electron chi connectivity index (χ3n) is 4.20. The van der Waals surface area contributed by atoms with E-state index in [9.17, 15) is 4.79 Å². The molecule has 1 saturated carbocycles. The summed E-state index contributed by atoms with van der Waals surface area (Å²) in [5.41, 5.74) is 0.651. The van der Waals surface area contributed by atoms with E-state index in [1.165, 1.54) is 24.2 Å². The Labute approximate surface area is 123 Å². The quantitative estimate of drug-likeness (QED) is 0.886. The lowest BCUT2D eigenvalue weighted by Crippen LogP contribution is -2.58. The van der Waals surface area contributed by atoms with E-state index in [1.54, 1.807) is 0 Å². The first-order valence-electron chi connectivity index (χ1n) is 7.30. The minimum absolute atomic E-state index is 0.0381. The lowest BCUT2D eigenvalue weighted by Gasteiger charge is -2.39. The van der Waals surface area contributed by atoms with Crippen LogP contribution in [0.2, 0.25) is 0 Å². The summed E-state index contributed by atoms with van der Waals surface area (Å²) in [5.74, 6) is 0.675. The highest BCUT2D eigenvalue weighted by molar-refractivity contribution is 7.14. The van der Waals surface area contributed by atoms with Crippen LogP contribution in [0, 0.1) is 0 Å². The number of hydrogen-bond donors (Lipinski definition) is 2. The van der Waals surface area contributed by atoms with E-state index in [0.29, 0.717) is 5.92 Å².